The number of ether oxygens (including phenoxy) is 2. The molecule has 1 fully saturated rings. The van der Waals surface area contributed by atoms with Crippen LogP contribution in [0.15, 0.2) is 48.8 Å². The zero-order chi connectivity index (χ0) is 20.7. The third-order valence-corrected chi connectivity index (χ3v) is 5.95. The van der Waals surface area contributed by atoms with E-state index in [9.17, 15) is 0 Å². The fraction of sp³-hybridized carbons (Fsp3) is 0.318. The fourth-order valence-corrected chi connectivity index (χ4v) is 4.39. The minimum Gasteiger partial charge on any atom is -0.493 e. The smallest absolute Gasteiger partial charge is 0.163 e. The normalized spacial score (nSPS) is 18.8. The molecule has 1 atom stereocenters. The number of para-hydroxylation sites is 2. The molecule has 0 radical (unpaired) electrons. The number of nitrogens with zero attached hydrogens (tertiary/aromatic N) is 5. The molecule has 4 aromatic rings. The topological polar surface area (TPSA) is 81.1 Å². The van der Waals surface area contributed by atoms with Gasteiger partial charge in [0.25, 0.3) is 0 Å². The van der Waals surface area contributed by atoms with Crippen molar-refractivity contribution in [1.29, 1.82) is 0 Å². The van der Waals surface area contributed by atoms with Crippen molar-refractivity contribution in [3.05, 3.63) is 54.6 Å². The van der Waals surface area contributed by atoms with E-state index in [1.54, 1.807) is 31.4 Å². The molecular formula is C22H24N6O2. The molecule has 0 amide bonds. The molecule has 0 saturated carbocycles. The van der Waals surface area contributed by atoms with Gasteiger partial charge in [0, 0.05) is 18.7 Å². The van der Waals surface area contributed by atoms with Crippen LogP contribution >= 0.6 is 0 Å². The van der Waals surface area contributed by atoms with Gasteiger partial charge in [0.1, 0.15) is 11.5 Å². The van der Waals surface area contributed by atoms with Crippen LogP contribution in [0.5, 0.6) is 11.5 Å². The summed E-state index contributed by atoms with van der Waals surface area (Å²) in [6.45, 7) is 3.16. The van der Waals surface area contributed by atoms with Gasteiger partial charge >= 0.3 is 0 Å². The van der Waals surface area contributed by atoms with Crippen LogP contribution in [0.1, 0.15) is 25.6 Å². The molecule has 30 heavy (non-hydrogen) atoms. The van der Waals surface area contributed by atoms with E-state index in [2.05, 4.69) is 39.1 Å². The van der Waals surface area contributed by atoms with Crippen LogP contribution in [0.4, 0.5) is 5.69 Å². The largest absolute Gasteiger partial charge is 0.493 e. The summed E-state index contributed by atoms with van der Waals surface area (Å²) in [5.74, 6) is 2.28. The second-order valence-corrected chi connectivity index (χ2v) is 7.65. The van der Waals surface area contributed by atoms with E-state index in [0.717, 1.165) is 47.6 Å². The summed E-state index contributed by atoms with van der Waals surface area (Å²) in [4.78, 5) is 12.5. The average Bonchev–Trinajstić information content (AvgIpc) is 3.52. The molecule has 1 aliphatic heterocycles. The minimum absolute atomic E-state index is 0.289. The van der Waals surface area contributed by atoms with Crippen LogP contribution in [-0.2, 0) is 5.54 Å². The number of benzene rings is 2. The Labute approximate surface area is 174 Å². The lowest BCUT2D eigenvalue weighted by Gasteiger charge is -2.36. The highest BCUT2D eigenvalue weighted by Crippen LogP contribution is 2.43. The number of aromatic nitrogens is 5. The van der Waals surface area contributed by atoms with Crippen molar-refractivity contribution in [3.8, 4) is 17.2 Å². The molecule has 0 bridgehead atoms. The first kappa shape index (κ1) is 18.5. The van der Waals surface area contributed by atoms with Crippen molar-refractivity contribution in [1.82, 2.24) is 25.0 Å². The molecule has 1 N–H and O–H groups in total. The number of fused-ring (bicyclic) bond motifs is 1. The number of aromatic amines is 1. The fourth-order valence-electron chi connectivity index (χ4n) is 4.39. The summed E-state index contributed by atoms with van der Waals surface area (Å²) < 4.78 is 10.9. The lowest BCUT2D eigenvalue weighted by Crippen LogP contribution is -2.40. The average molecular weight is 404 g/mol. The van der Waals surface area contributed by atoms with Gasteiger partial charge in [0.2, 0.25) is 0 Å². The van der Waals surface area contributed by atoms with E-state index in [4.69, 9.17) is 14.5 Å². The van der Waals surface area contributed by atoms with Crippen molar-refractivity contribution in [3.63, 3.8) is 0 Å². The van der Waals surface area contributed by atoms with Gasteiger partial charge in [-0.3, -0.25) is 0 Å². The highest BCUT2D eigenvalue weighted by atomic mass is 16.5. The predicted octanol–water partition coefficient (Wildman–Crippen LogP) is 3.68. The monoisotopic (exact) mass is 404 g/mol. The molecule has 5 rings (SSSR count). The second kappa shape index (κ2) is 7.05. The first-order valence-corrected chi connectivity index (χ1v) is 9.99. The molecule has 2 aromatic heterocycles. The SMILES string of the molecule is COc1cc2nc([C@]3(C)CCCN3c3ccccc3-n3nccn3)[nH]c2cc1OC. The number of hydrogen-bond donors (Lipinski definition) is 1. The summed E-state index contributed by atoms with van der Waals surface area (Å²) in [7, 11) is 3.28. The summed E-state index contributed by atoms with van der Waals surface area (Å²) in [6, 6.07) is 12.1. The first-order chi connectivity index (χ1) is 14.6. The summed E-state index contributed by atoms with van der Waals surface area (Å²) >= 11 is 0. The maximum absolute atomic E-state index is 5.45. The summed E-state index contributed by atoms with van der Waals surface area (Å²) in [5, 5.41) is 8.68. The molecule has 2 aromatic carbocycles. The van der Waals surface area contributed by atoms with Gasteiger partial charge in [-0.15, -0.1) is 4.80 Å². The number of anilines is 1. The van der Waals surface area contributed by atoms with Gasteiger partial charge in [-0.25, -0.2) is 4.98 Å². The Balaban J connectivity index is 1.61. The molecule has 0 spiro atoms. The number of nitrogens with one attached hydrogen (secondary N) is 1. The quantitative estimate of drug-likeness (QED) is 0.547. The highest BCUT2D eigenvalue weighted by molar-refractivity contribution is 5.80. The molecule has 0 aliphatic carbocycles. The molecule has 1 saturated heterocycles. The van der Waals surface area contributed by atoms with Gasteiger partial charge in [-0.1, -0.05) is 12.1 Å². The molecular weight excluding hydrogens is 380 g/mol. The van der Waals surface area contributed by atoms with Crippen LogP contribution in [0, 0.1) is 0 Å². The van der Waals surface area contributed by atoms with E-state index in [1.165, 1.54) is 0 Å². The number of imidazole rings is 1. The van der Waals surface area contributed by atoms with E-state index >= 15 is 0 Å². The molecule has 8 heteroatoms. The molecule has 154 valence electrons. The zero-order valence-corrected chi connectivity index (χ0v) is 17.3. The van der Waals surface area contributed by atoms with Crippen molar-refractivity contribution in [2.45, 2.75) is 25.3 Å². The van der Waals surface area contributed by atoms with Crippen LogP contribution in [0.2, 0.25) is 0 Å². The van der Waals surface area contributed by atoms with Crippen LogP contribution < -0.4 is 14.4 Å². The van der Waals surface area contributed by atoms with Crippen molar-refractivity contribution >= 4 is 16.7 Å². The minimum atomic E-state index is -0.289. The number of methoxy groups -OCH3 is 2. The Morgan fingerprint density at radius 2 is 1.70 bits per heavy atom. The lowest BCUT2D eigenvalue weighted by atomic mass is 9.97. The summed E-state index contributed by atoms with van der Waals surface area (Å²) in [5.41, 5.74) is 3.54. The maximum Gasteiger partial charge on any atom is 0.163 e. The van der Waals surface area contributed by atoms with Crippen LogP contribution in [-0.4, -0.2) is 45.7 Å². The Bertz CT molecular complexity index is 1140. The number of hydrogen-bond acceptors (Lipinski definition) is 6. The van der Waals surface area contributed by atoms with Crippen LogP contribution in [0.25, 0.3) is 16.7 Å². The molecule has 1 aliphatic rings. The van der Waals surface area contributed by atoms with E-state index < -0.39 is 0 Å². The molecule has 0 unspecified atom stereocenters. The zero-order valence-electron chi connectivity index (χ0n) is 17.3. The Kier molecular flexibility index (Phi) is 4.34. The van der Waals surface area contributed by atoms with Gasteiger partial charge in [0.15, 0.2) is 11.5 Å². The number of rotatable bonds is 5. The predicted molar refractivity (Wildman–Crippen MR) is 114 cm³/mol. The third-order valence-electron chi connectivity index (χ3n) is 5.95. The maximum atomic E-state index is 5.45. The van der Waals surface area contributed by atoms with E-state index in [0.29, 0.717) is 11.5 Å². The highest BCUT2D eigenvalue weighted by Gasteiger charge is 2.42. The Morgan fingerprint density at radius 1 is 1.00 bits per heavy atom. The van der Waals surface area contributed by atoms with Gasteiger partial charge < -0.3 is 19.4 Å². The Morgan fingerprint density at radius 3 is 2.43 bits per heavy atom. The second-order valence-electron chi connectivity index (χ2n) is 7.65. The third kappa shape index (κ3) is 2.79. The van der Waals surface area contributed by atoms with Crippen LogP contribution in [0.3, 0.4) is 0 Å². The molecule has 8 nitrogen and oxygen atoms in total. The lowest BCUT2D eigenvalue weighted by molar-refractivity contribution is 0.356. The van der Waals surface area contributed by atoms with Gasteiger partial charge in [-0.2, -0.15) is 10.2 Å². The van der Waals surface area contributed by atoms with E-state index in [1.807, 2.05) is 24.3 Å². The van der Waals surface area contributed by atoms with Crippen molar-refractivity contribution < 1.29 is 9.47 Å². The van der Waals surface area contributed by atoms with Crippen molar-refractivity contribution in [2.24, 2.45) is 0 Å². The first-order valence-electron chi connectivity index (χ1n) is 9.99. The van der Waals surface area contributed by atoms with Gasteiger partial charge in [0.05, 0.1) is 48.9 Å². The summed E-state index contributed by atoms with van der Waals surface area (Å²) in [6.07, 6.45) is 5.45. The Hall–Kier alpha value is -3.55. The van der Waals surface area contributed by atoms with Gasteiger partial charge in [-0.05, 0) is 31.9 Å². The standard InChI is InChI=1S/C22H24N6O2/c1-22(21-25-15-13-19(29-2)20(30-3)14-16(15)26-21)9-6-12-27(22)17-7-4-5-8-18(17)28-23-10-11-24-28/h4-5,7-8,10-11,13-14H,6,9,12H2,1-3H3,(H,25,26)/t22-/m0/s1. The number of H-pyrrole nitrogens is 1. The molecule has 3 heterocycles. The van der Waals surface area contributed by atoms with Crippen molar-refractivity contribution in [2.75, 3.05) is 25.7 Å². The van der Waals surface area contributed by atoms with E-state index in [-0.39, 0.29) is 5.54 Å².